The van der Waals surface area contributed by atoms with Gasteiger partial charge in [-0.3, -0.25) is 4.99 Å². The molecule has 0 aliphatic rings. The van der Waals surface area contributed by atoms with E-state index in [2.05, 4.69) is 29.5 Å². The number of halogens is 2. The molecule has 130 valence electrons. The molecule has 1 rings (SSSR count). The SMILES string of the molecule is CN=C(NCCCOCC(C)C)NCCc1c(F)cccc1F. The summed E-state index contributed by atoms with van der Waals surface area (Å²) in [4.78, 5) is 4.08. The zero-order valence-corrected chi connectivity index (χ0v) is 14.2. The second kappa shape index (κ2) is 10.9. The van der Waals surface area contributed by atoms with Gasteiger partial charge in [0, 0.05) is 38.9 Å². The van der Waals surface area contributed by atoms with Crippen molar-refractivity contribution in [2.75, 3.05) is 33.4 Å². The molecule has 0 unspecified atom stereocenters. The minimum absolute atomic E-state index is 0.0949. The maximum absolute atomic E-state index is 13.5. The van der Waals surface area contributed by atoms with E-state index in [0.29, 0.717) is 25.0 Å². The van der Waals surface area contributed by atoms with Crippen LogP contribution in [0.15, 0.2) is 23.2 Å². The maximum atomic E-state index is 13.5. The molecule has 0 fully saturated rings. The van der Waals surface area contributed by atoms with Gasteiger partial charge in [-0.1, -0.05) is 19.9 Å². The first kappa shape index (κ1) is 19.4. The van der Waals surface area contributed by atoms with Gasteiger partial charge in [0.05, 0.1) is 0 Å². The van der Waals surface area contributed by atoms with Crippen LogP contribution in [0.1, 0.15) is 25.8 Å². The monoisotopic (exact) mass is 327 g/mol. The normalized spacial score (nSPS) is 11.8. The Hall–Kier alpha value is -1.69. The third kappa shape index (κ3) is 7.93. The summed E-state index contributed by atoms with van der Waals surface area (Å²) < 4.78 is 32.5. The third-order valence-electron chi connectivity index (χ3n) is 3.16. The molecule has 6 heteroatoms. The van der Waals surface area contributed by atoms with Gasteiger partial charge >= 0.3 is 0 Å². The Balaban J connectivity index is 2.22. The summed E-state index contributed by atoms with van der Waals surface area (Å²) in [5, 5.41) is 6.19. The standard InChI is InChI=1S/C17H27F2N3O/c1-13(2)12-23-11-5-9-21-17(20-3)22-10-8-14-15(18)6-4-7-16(14)19/h4,6-7,13H,5,8-12H2,1-3H3,(H2,20,21,22). The van der Waals surface area contributed by atoms with E-state index in [4.69, 9.17) is 4.74 Å². The van der Waals surface area contributed by atoms with E-state index in [1.807, 2.05) is 0 Å². The second-order valence-electron chi connectivity index (χ2n) is 5.70. The van der Waals surface area contributed by atoms with Crippen LogP contribution in [0.2, 0.25) is 0 Å². The molecule has 23 heavy (non-hydrogen) atoms. The van der Waals surface area contributed by atoms with Gasteiger partial charge in [0.15, 0.2) is 5.96 Å². The van der Waals surface area contributed by atoms with Crippen LogP contribution in [0, 0.1) is 17.6 Å². The molecule has 0 radical (unpaired) electrons. The average molecular weight is 327 g/mol. The molecular weight excluding hydrogens is 300 g/mol. The molecule has 4 nitrogen and oxygen atoms in total. The Kier molecular flexibility index (Phi) is 9.21. The van der Waals surface area contributed by atoms with Crippen LogP contribution in [0.4, 0.5) is 8.78 Å². The molecule has 0 saturated carbocycles. The van der Waals surface area contributed by atoms with Gasteiger partial charge in [-0.2, -0.15) is 0 Å². The van der Waals surface area contributed by atoms with Crippen LogP contribution in [-0.4, -0.2) is 39.3 Å². The highest BCUT2D eigenvalue weighted by atomic mass is 19.1. The number of aliphatic imine (C=N–C) groups is 1. The minimum Gasteiger partial charge on any atom is -0.381 e. The van der Waals surface area contributed by atoms with Gasteiger partial charge < -0.3 is 15.4 Å². The lowest BCUT2D eigenvalue weighted by atomic mass is 10.1. The van der Waals surface area contributed by atoms with Crippen molar-refractivity contribution in [2.24, 2.45) is 10.9 Å². The summed E-state index contributed by atoms with van der Waals surface area (Å²) >= 11 is 0. The highest BCUT2D eigenvalue weighted by Crippen LogP contribution is 2.11. The second-order valence-corrected chi connectivity index (χ2v) is 5.70. The van der Waals surface area contributed by atoms with Crippen molar-refractivity contribution in [2.45, 2.75) is 26.7 Å². The van der Waals surface area contributed by atoms with Crippen LogP contribution in [0.3, 0.4) is 0 Å². The molecule has 0 aliphatic carbocycles. The molecule has 0 aromatic heterocycles. The fourth-order valence-corrected chi connectivity index (χ4v) is 2.00. The van der Waals surface area contributed by atoms with Crippen molar-refractivity contribution in [1.82, 2.24) is 10.6 Å². The first-order valence-corrected chi connectivity index (χ1v) is 7.99. The molecule has 0 saturated heterocycles. The van der Waals surface area contributed by atoms with Crippen molar-refractivity contribution < 1.29 is 13.5 Å². The number of hydrogen-bond donors (Lipinski definition) is 2. The maximum Gasteiger partial charge on any atom is 0.190 e. The number of hydrogen-bond acceptors (Lipinski definition) is 2. The summed E-state index contributed by atoms with van der Waals surface area (Å²) in [5.74, 6) is 0.121. The molecule has 0 amide bonds. The summed E-state index contributed by atoms with van der Waals surface area (Å²) in [7, 11) is 1.66. The van der Waals surface area contributed by atoms with E-state index in [1.165, 1.54) is 18.2 Å². The van der Waals surface area contributed by atoms with Gasteiger partial charge in [-0.15, -0.1) is 0 Å². The predicted molar refractivity (Wildman–Crippen MR) is 89.7 cm³/mol. The topological polar surface area (TPSA) is 45.7 Å². The molecule has 0 heterocycles. The molecular formula is C17H27F2N3O. The Morgan fingerprint density at radius 1 is 1.17 bits per heavy atom. The Morgan fingerprint density at radius 2 is 1.83 bits per heavy atom. The summed E-state index contributed by atoms with van der Waals surface area (Å²) in [6.07, 6.45) is 1.13. The van der Waals surface area contributed by atoms with E-state index in [9.17, 15) is 8.78 Å². The molecule has 1 aromatic carbocycles. The van der Waals surface area contributed by atoms with E-state index >= 15 is 0 Å². The third-order valence-corrected chi connectivity index (χ3v) is 3.16. The van der Waals surface area contributed by atoms with Crippen molar-refractivity contribution >= 4 is 5.96 Å². The van der Waals surface area contributed by atoms with E-state index in [0.717, 1.165) is 19.6 Å². The smallest absolute Gasteiger partial charge is 0.190 e. The van der Waals surface area contributed by atoms with Crippen molar-refractivity contribution in [3.8, 4) is 0 Å². The van der Waals surface area contributed by atoms with E-state index < -0.39 is 11.6 Å². The van der Waals surface area contributed by atoms with Crippen molar-refractivity contribution in [3.05, 3.63) is 35.4 Å². The Labute approximate surface area is 137 Å². The average Bonchev–Trinajstić information content (AvgIpc) is 2.51. The van der Waals surface area contributed by atoms with E-state index in [-0.39, 0.29) is 12.0 Å². The van der Waals surface area contributed by atoms with Crippen LogP contribution in [0.5, 0.6) is 0 Å². The molecule has 0 atom stereocenters. The first-order chi connectivity index (χ1) is 11.0. The van der Waals surface area contributed by atoms with Crippen molar-refractivity contribution in [1.29, 1.82) is 0 Å². The zero-order chi connectivity index (χ0) is 17.1. The number of guanidine groups is 1. The fourth-order valence-electron chi connectivity index (χ4n) is 2.00. The van der Waals surface area contributed by atoms with Gasteiger partial charge in [0.25, 0.3) is 0 Å². The van der Waals surface area contributed by atoms with E-state index in [1.54, 1.807) is 7.05 Å². The Morgan fingerprint density at radius 3 is 2.43 bits per heavy atom. The molecule has 2 N–H and O–H groups in total. The number of benzene rings is 1. The zero-order valence-electron chi connectivity index (χ0n) is 14.2. The molecule has 1 aromatic rings. The predicted octanol–water partition coefficient (Wildman–Crippen LogP) is 2.74. The van der Waals surface area contributed by atoms with Crippen LogP contribution < -0.4 is 10.6 Å². The van der Waals surface area contributed by atoms with Crippen LogP contribution in [-0.2, 0) is 11.2 Å². The summed E-state index contributed by atoms with van der Waals surface area (Å²) in [5.41, 5.74) is 0.0949. The number of nitrogens with zero attached hydrogens (tertiary/aromatic N) is 1. The largest absolute Gasteiger partial charge is 0.381 e. The van der Waals surface area contributed by atoms with Crippen molar-refractivity contribution in [3.63, 3.8) is 0 Å². The fraction of sp³-hybridized carbons (Fsp3) is 0.588. The van der Waals surface area contributed by atoms with Crippen LogP contribution >= 0.6 is 0 Å². The molecule has 0 spiro atoms. The summed E-state index contributed by atoms with van der Waals surface area (Å²) in [6.45, 7) is 6.82. The number of rotatable bonds is 9. The lowest BCUT2D eigenvalue weighted by Gasteiger charge is -2.13. The highest BCUT2D eigenvalue weighted by molar-refractivity contribution is 5.79. The van der Waals surface area contributed by atoms with Gasteiger partial charge in [0.2, 0.25) is 0 Å². The van der Waals surface area contributed by atoms with Gasteiger partial charge in [-0.25, -0.2) is 8.78 Å². The lowest BCUT2D eigenvalue weighted by molar-refractivity contribution is 0.108. The van der Waals surface area contributed by atoms with Crippen LogP contribution in [0.25, 0.3) is 0 Å². The first-order valence-electron chi connectivity index (χ1n) is 7.99. The quantitative estimate of drug-likeness (QED) is 0.416. The van der Waals surface area contributed by atoms with Gasteiger partial charge in [0.1, 0.15) is 11.6 Å². The molecule has 0 bridgehead atoms. The van der Waals surface area contributed by atoms with Gasteiger partial charge in [-0.05, 0) is 30.9 Å². The summed E-state index contributed by atoms with van der Waals surface area (Å²) in [6, 6.07) is 3.90. The Bertz CT molecular complexity index is 472. The highest BCUT2D eigenvalue weighted by Gasteiger charge is 2.08. The minimum atomic E-state index is -0.517. The lowest BCUT2D eigenvalue weighted by Crippen LogP contribution is -2.39. The molecule has 0 aliphatic heterocycles. The number of nitrogens with one attached hydrogen (secondary N) is 2. The number of ether oxygens (including phenoxy) is 1.